The third-order valence-electron chi connectivity index (χ3n) is 1.27. The van der Waals surface area contributed by atoms with E-state index >= 15 is 0 Å². The second kappa shape index (κ2) is 2.02. The van der Waals surface area contributed by atoms with Crippen LogP contribution < -0.4 is 0 Å². The molecule has 0 atom stereocenters. The van der Waals surface area contributed by atoms with Crippen molar-refractivity contribution in [2.75, 3.05) is 0 Å². The molecule has 5 heteroatoms. The maximum atomic E-state index is 8.46. The van der Waals surface area contributed by atoms with Crippen LogP contribution in [0.3, 0.4) is 0 Å². The van der Waals surface area contributed by atoms with Crippen molar-refractivity contribution in [3.05, 3.63) is 24.2 Å². The maximum Gasteiger partial charge on any atom is 0.178 e. The maximum absolute atomic E-state index is 8.46. The minimum atomic E-state index is 0.352. The number of nitriles is 1. The van der Waals surface area contributed by atoms with Gasteiger partial charge in [0.1, 0.15) is 6.07 Å². The lowest BCUT2D eigenvalue weighted by Crippen LogP contribution is -1.89. The van der Waals surface area contributed by atoms with Crippen molar-refractivity contribution in [1.82, 2.24) is 19.8 Å². The van der Waals surface area contributed by atoms with Crippen LogP contribution in [0.2, 0.25) is 0 Å². The lowest BCUT2D eigenvalue weighted by molar-refractivity contribution is 0.884. The van der Waals surface area contributed by atoms with Gasteiger partial charge in [0.25, 0.3) is 0 Å². The average molecular weight is 145 g/mol. The van der Waals surface area contributed by atoms with Crippen molar-refractivity contribution < 1.29 is 0 Å². The standard InChI is InChI=1S/C6H3N5/c7-4-5-3-6-9-8-1-2-11(6)10-5/h1-3H. The minimum Gasteiger partial charge on any atom is -0.218 e. The molecule has 0 saturated heterocycles. The fraction of sp³-hybridized carbons (Fsp3) is 0. The smallest absolute Gasteiger partial charge is 0.178 e. The average Bonchev–Trinajstić information content (AvgIpc) is 2.46. The zero-order valence-corrected chi connectivity index (χ0v) is 5.47. The van der Waals surface area contributed by atoms with Crippen molar-refractivity contribution in [3.63, 3.8) is 0 Å². The van der Waals surface area contributed by atoms with Gasteiger partial charge in [0.15, 0.2) is 11.3 Å². The van der Waals surface area contributed by atoms with Crippen molar-refractivity contribution in [3.8, 4) is 6.07 Å². The fourth-order valence-corrected chi connectivity index (χ4v) is 0.809. The van der Waals surface area contributed by atoms with Gasteiger partial charge in [0.2, 0.25) is 0 Å². The van der Waals surface area contributed by atoms with Crippen molar-refractivity contribution in [1.29, 1.82) is 5.26 Å². The Bertz CT molecular complexity index is 391. The first-order valence-corrected chi connectivity index (χ1v) is 2.97. The second-order valence-electron chi connectivity index (χ2n) is 1.96. The highest BCUT2D eigenvalue weighted by Gasteiger charge is 1.98. The monoisotopic (exact) mass is 145 g/mol. The zero-order valence-electron chi connectivity index (χ0n) is 5.47. The first-order chi connectivity index (χ1) is 5.40. The van der Waals surface area contributed by atoms with E-state index in [4.69, 9.17) is 5.26 Å². The molecular weight excluding hydrogens is 142 g/mol. The van der Waals surface area contributed by atoms with Crippen LogP contribution in [-0.4, -0.2) is 19.8 Å². The molecule has 2 aromatic rings. The molecule has 2 aromatic heterocycles. The van der Waals surface area contributed by atoms with E-state index in [1.807, 2.05) is 6.07 Å². The van der Waals surface area contributed by atoms with Gasteiger partial charge in [-0.1, -0.05) is 0 Å². The van der Waals surface area contributed by atoms with Crippen molar-refractivity contribution in [2.24, 2.45) is 0 Å². The summed E-state index contributed by atoms with van der Waals surface area (Å²) in [5.41, 5.74) is 0.939. The SMILES string of the molecule is N#Cc1cc2nnccn2n1. The normalized spacial score (nSPS) is 9.73. The molecule has 0 aliphatic carbocycles. The number of aromatic nitrogens is 4. The van der Waals surface area contributed by atoms with E-state index < -0.39 is 0 Å². The molecule has 0 radical (unpaired) electrons. The first kappa shape index (κ1) is 5.80. The first-order valence-electron chi connectivity index (χ1n) is 2.97. The van der Waals surface area contributed by atoms with E-state index in [9.17, 15) is 0 Å². The summed E-state index contributed by atoms with van der Waals surface area (Å²) in [7, 11) is 0. The summed E-state index contributed by atoms with van der Waals surface area (Å²) in [6.45, 7) is 0. The van der Waals surface area contributed by atoms with Crippen LogP contribution >= 0.6 is 0 Å². The summed E-state index contributed by atoms with van der Waals surface area (Å²) in [5, 5.41) is 19.7. The Labute approximate surface area is 61.9 Å². The summed E-state index contributed by atoms with van der Waals surface area (Å²) in [4.78, 5) is 0. The van der Waals surface area contributed by atoms with Crippen LogP contribution in [-0.2, 0) is 0 Å². The Kier molecular flexibility index (Phi) is 1.07. The van der Waals surface area contributed by atoms with Crippen molar-refractivity contribution >= 4 is 5.65 Å². The van der Waals surface area contributed by atoms with E-state index in [0.29, 0.717) is 11.3 Å². The Morgan fingerprint density at radius 3 is 3.18 bits per heavy atom. The Hall–Kier alpha value is -1.96. The third kappa shape index (κ3) is 0.809. The van der Waals surface area contributed by atoms with Gasteiger partial charge in [0, 0.05) is 6.07 Å². The predicted octanol–water partition coefficient (Wildman–Crippen LogP) is -0.00402. The molecule has 0 spiro atoms. The second-order valence-corrected chi connectivity index (χ2v) is 1.96. The van der Waals surface area contributed by atoms with E-state index in [1.165, 1.54) is 10.7 Å². The molecule has 0 aliphatic rings. The molecule has 0 aromatic carbocycles. The van der Waals surface area contributed by atoms with Gasteiger partial charge in [-0.15, -0.1) is 5.10 Å². The molecule has 11 heavy (non-hydrogen) atoms. The van der Waals surface area contributed by atoms with Crippen LogP contribution in [0.15, 0.2) is 18.5 Å². The Morgan fingerprint density at radius 1 is 1.55 bits per heavy atom. The summed E-state index contributed by atoms with van der Waals surface area (Å²) >= 11 is 0. The minimum absolute atomic E-state index is 0.352. The van der Waals surface area contributed by atoms with Gasteiger partial charge in [-0.05, 0) is 0 Å². The van der Waals surface area contributed by atoms with Gasteiger partial charge in [-0.3, -0.25) is 0 Å². The van der Waals surface area contributed by atoms with E-state index in [-0.39, 0.29) is 0 Å². The van der Waals surface area contributed by atoms with Gasteiger partial charge < -0.3 is 0 Å². The van der Waals surface area contributed by atoms with Gasteiger partial charge in [0.05, 0.1) is 12.4 Å². The topological polar surface area (TPSA) is 66.9 Å². The van der Waals surface area contributed by atoms with Crippen LogP contribution in [0.4, 0.5) is 0 Å². The largest absolute Gasteiger partial charge is 0.218 e. The van der Waals surface area contributed by atoms with Gasteiger partial charge in [-0.2, -0.15) is 15.5 Å². The molecule has 2 heterocycles. The van der Waals surface area contributed by atoms with E-state index in [2.05, 4.69) is 15.3 Å². The molecule has 0 bridgehead atoms. The van der Waals surface area contributed by atoms with Gasteiger partial charge >= 0.3 is 0 Å². The summed E-state index contributed by atoms with van der Waals surface area (Å²) in [6.07, 6.45) is 3.16. The Balaban J connectivity index is 2.81. The summed E-state index contributed by atoms with van der Waals surface area (Å²) in [5.74, 6) is 0. The van der Waals surface area contributed by atoms with E-state index in [0.717, 1.165) is 0 Å². The van der Waals surface area contributed by atoms with Crippen LogP contribution in [0.1, 0.15) is 5.69 Å². The van der Waals surface area contributed by atoms with Crippen LogP contribution in [0, 0.1) is 11.3 Å². The highest BCUT2D eigenvalue weighted by molar-refractivity contribution is 5.41. The highest BCUT2D eigenvalue weighted by atomic mass is 15.3. The van der Waals surface area contributed by atoms with E-state index in [1.54, 1.807) is 12.3 Å². The molecule has 0 fully saturated rings. The number of fused-ring (bicyclic) bond motifs is 1. The fourth-order valence-electron chi connectivity index (χ4n) is 0.809. The molecule has 52 valence electrons. The number of hydrogen-bond donors (Lipinski definition) is 0. The molecule has 2 rings (SSSR count). The Morgan fingerprint density at radius 2 is 2.45 bits per heavy atom. The zero-order chi connectivity index (χ0) is 7.68. The molecule has 0 amide bonds. The number of nitrogens with zero attached hydrogens (tertiary/aromatic N) is 5. The summed E-state index contributed by atoms with van der Waals surface area (Å²) in [6, 6.07) is 3.49. The van der Waals surface area contributed by atoms with Crippen LogP contribution in [0.5, 0.6) is 0 Å². The molecular formula is C6H3N5. The van der Waals surface area contributed by atoms with Crippen molar-refractivity contribution in [2.45, 2.75) is 0 Å². The molecule has 5 nitrogen and oxygen atoms in total. The number of hydrogen-bond acceptors (Lipinski definition) is 4. The van der Waals surface area contributed by atoms with Gasteiger partial charge in [-0.25, -0.2) is 4.52 Å². The summed E-state index contributed by atoms with van der Waals surface area (Å²) < 4.78 is 1.51. The van der Waals surface area contributed by atoms with Crippen LogP contribution in [0.25, 0.3) is 5.65 Å². The third-order valence-corrected chi connectivity index (χ3v) is 1.27. The lowest BCUT2D eigenvalue weighted by atomic mass is 10.5. The lowest BCUT2D eigenvalue weighted by Gasteiger charge is -1.84. The molecule has 0 aliphatic heterocycles. The predicted molar refractivity (Wildman–Crippen MR) is 35.5 cm³/mol. The number of rotatable bonds is 0. The molecule has 0 saturated carbocycles. The molecule has 0 unspecified atom stereocenters. The molecule has 0 N–H and O–H groups in total. The quantitative estimate of drug-likeness (QED) is 0.523. The highest BCUT2D eigenvalue weighted by Crippen LogP contribution is 1.98.